The highest BCUT2D eigenvalue weighted by atomic mass is 19.4. The standard InChI is InChI=1S/C16H12F3N5O/c17-16(18,19)13-4-2-1-3-10(13)7-11(8-20)14-12(9-21)15(22)24(23-14)5-6-25/h1-4,7,25H,5-6,22H2/b11-7+. The molecule has 1 heterocycles. The van der Waals surface area contributed by atoms with Crippen LogP contribution in [0.2, 0.25) is 0 Å². The Morgan fingerprint density at radius 1 is 1.32 bits per heavy atom. The number of aliphatic hydroxyl groups is 1. The Morgan fingerprint density at radius 3 is 2.56 bits per heavy atom. The van der Waals surface area contributed by atoms with Gasteiger partial charge in [-0.25, -0.2) is 4.68 Å². The summed E-state index contributed by atoms with van der Waals surface area (Å²) in [6.07, 6.45) is -3.59. The van der Waals surface area contributed by atoms with Gasteiger partial charge in [0.25, 0.3) is 0 Å². The molecule has 0 saturated heterocycles. The van der Waals surface area contributed by atoms with Gasteiger partial charge in [-0.05, 0) is 17.7 Å². The third-order valence-corrected chi connectivity index (χ3v) is 3.36. The molecule has 0 aliphatic rings. The average molecular weight is 347 g/mol. The molecule has 2 aromatic rings. The lowest BCUT2D eigenvalue weighted by molar-refractivity contribution is -0.137. The van der Waals surface area contributed by atoms with Gasteiger partial charge < -0.3 is 10.8 Å². The Labute approximate surface area is 140 Å². The van der Waals surface area contributed by atoms with Crippen molar-refractivity contribution in [2.75, 3.05) is 12.3 Å². The third kappa shape index (κ3) is 3.62. The maximum atomic E-state index is 13.1. The van der Waals surface area contributed by atoms with Gasteiger partial charge in [0, 0.05) is 0 Å². The normalized spacial score (nSPS) is 11.8. The van der Waals surface area contributed by atoms with Crippen LogP contribution in [0.3, 0.4) is 0 Å². The van der Waals surface area contributed by atoms with E-state index < -0.39 is 11.7 Å². The minimum Gasteiger partial charge on any atom is -0.394 e. The lowest BCUT2D eigenvalue weighted by Crippen LogP contribution is -2.08. The SMILES string of the molecule is N#C/C(=C\c1ccccc1C(F)(F)F)c1nn(CCO)c(N)c1C#N. The van der Waals surface area contributed by atoms with Gasteiger partial charge in [-0.15, -0.1) is 0 Å². The van der Waals surface area contributed by atoms with Crippen LogP contribution in [-0.2, 0) is 12.7 Å². The molecule has 9 heteroatoms. The zero-order valence-electron chi connectivity index (χ0n) is 12.7. The minimum atomic E-state index is -4.60. The molecule has 2 rings (SSSR count). The highest BCUT2D eigenvalue weighted by Gasteiger charge is 2.32. The Hall–Kier alpha value is -3.30. The smallest absolute Gasteiger partial charge is 0.394 e. The van der Waals surface area contributed by atoms with Crippen LogP contribution in [0, 0.1) is 22.7 Å². The number of hydrogen-bond donors (Lipinski definition) is 2. The summed E-state index contributed by atoms with van der Waals surface area (Å²) in [5, 5.41) is 31.5. The van der Waals surface area contributed by atoms with Crippen molar-refractivity contribution in [3.05, 3.63) is 46.6 Å². The van der Waals surface area contributed by atoms with Crippen LogP contribution in [0.5, 0.6) is 0 Å². The van der Waals surface area contributed by atoms with E-state index in [-0.39, 0.29) is 41.4 Å². The van der Waals surface area contributed by atoms with E-state index in [1.165, 1.54) is 18.2 Å². The molecule has 0 bridgehead atoms. The molecule has 0 unspecified atom stereocenters. The fraction of sp³-hybridized carbons (Fsp3) is 0.188. The van der Waals surface area contributed by atoms with Crippen molar-refractivity contribution >= 4 is 17.5 Å². The molecule has 0 aliphatic heterocycles. The molecule has 0 saturated carbocycles. The molecular formula is C16H12F3N5O. The maximum Gasteiger partial charge on any atom is 0.416 e. The third-order valence-electron chi connectivity index (χ3n) is 3.36. The Morgan fingerprint density at radius 2 is 2.00 bits per heavy atom. The topological polar surface area (TPSA) is 112 Å². The van der Waals surface area contributed by atoms with E-state index in [0.717, 1.165) is 16.8 Å². The number of halogens is 3. The van der Waals surface area contributed by atoms with Crippen molar-refractivity contribution in [2.45, 2.75) is 12.7 Å². The predicted molar refractivity (Wildman–Crippen MR) is 83.4 cm³/mol. The quantitative estimate of drug-likeness (QED) is 0.825. The fourth-order valence-corrected chi connectivity index (χ4v) is 2.23. The van der Waals surface area contributed by atoms with Crippen LogP contribution in [0.4, 0.5) is 19.0 Å². The summed E-state index contributed by atoms with van der Waals surface area (Å²) in [5.41, 5.74) is 4.09. The first-order chi connectivity index (χ1) is 11.8. The van der Waals surface area contributed by atoms with Gasteiger partial charge in [-0.1, -0.05) is 18.2 Å². The van der Waals surface area contributed by atoms with Crippen molar-refractivity contribution in [3.63, 3.8) is 0 Å². The van der Waals surface area contributed by atoms with Crippen LogP contribution in [0.25, 0.3) is 11.6 Å². The first-order valence-electron chi connectivity index (χ1n) is 6.99. The first-order valence-corrected chi connectivity index (χ1v) is 6.99. The number of nitrogen functional groups attached to an aromatic ring is 1. The van der Waals surface area contributed by atoms with Gasteiger partial charge in [0.2, 0.25) is 0 Å². The second-order valence-electron chi connectivity index (χ2n) is 4.92. The summed E-state index contributed by atoms with van der Waals surface area (Å²) in [7, 11) is 0. The van der Waals surface area contributed by atoms with Crippen molar-refractivity contribution < 1.29 is 18.3 Å². The predicted octanol–water partition coefficient (Wildman–Crippen LogP) is 2.41. The van der Waals surface area contributed by atoms with E-state index >= 15 is 0 Å². The number of allylic oxidation sites excluding steroid dienone is 1. The highest BCUT2D eigenvalue weighted by molar-refractivity contribution is 5.91. The zero-order chi connectivity index (χ0) is 18.6. The lowest BCUT2D eigenvalue weighted by Gasteiger charge is -2.10. The van der Waals surface area contributed by atoms with Crippen molar-refractivity contribution in [1.82, 2.24) is 9.78 Å². The molecule has 0 atom stereocenters. The zero-order valence-corrected chi connectivity index (χ0v) is 12.7. The molecule has 0 spiro atoms. The molecule has 0 amide bonds. The van der Waals surface area contributed by atoms with Gasteiger partial charge in [0.05, 0.1) is 24.3 Å². The van der Waals surface area contributed by atoms with Crippen LogP contribution >= 0.6 is 0 Å². The lowest BCUT2D eigenvalue weighted by atomic mass is 10.0. The van der Waals surface area contributed by atoms with E-state index in [4.69, 9.17) is 10.8 Å². The number of nitriles is 2. The summed E-state index contributed by atoms with van der Waals surface area (Å²) in [6.45, 7) is -0.322. The molecule has 3 N–H and O–H groups in total. The second-order valence-corrected chi connectivity index (χ2v) is 4.92. The molecule has 6 nitrogen and oxygen atoms in total. The number of aliphatic hydroxyl groups excluding tert-OH is 1. The van der Waals surface area contributed by atoms with Gasteiger partial charge in [0.15, 0.2) is 0 Å². The molecule has 0 aliphatic carbocycles. The summed E-state index contributed by atoms with van der Waals surface area (Å²) in [6, 6.07) is 8.28. The number of alkyl halides is 3. The van der Waals surface area contributed by atoms with Crippen LogP contribution in [0.1, 0.15) is 22.4 Å². The molecular weight excluding hydrogens is 335 g/mol. The second kappa shape index (κ2) is 7.07. The van der Waals surface area contributed by atoms with Crippen molar-refractivity contribution in [3.8, 4) is 12.1 Å². The Balaban J connectivity index is 2.64. The Kier molecular flexibility index (Phi) is 5.11. The molecule has 25 heavy (non-hydrogen) atoms. The van der Waals surface area contributed by atoms with Crippen LogP contribution in [-0.4, -0.2) is 21.5 Å². The van der Waals surface area contributed by atoms with E-state index in [0.29, 0.717) is 0 Å². The number of benzene rings is 1. The van der Waals surface area contributed by atoms with E-state index in [9.17, 15) is 23.7 Å². The minimum absolute atomic E-state index is 0.0155. The summed E-state index contributed by atoms with van der Waals surface area (Å²) in [5.74, 6) is -0.0724. The number of nitrogens with zero attached hydrogens (tertiary/aromatic N) is 4. The maximum absolute atomic E-state index is 13.1. The van der Waals surface area contributed by atoms with Gasteiger partial charge in [-0.3, -0.25) is 0 Å². The fourth-order valence-electron chi connectivity index (χ4n) is 2.23. The van der Waals surface area contributed by atoms with E-state index in [2.05, 4.69) is 5.10 Å². The summed E-state index contributed by atoms with van der Waals surface area (Å²) in [4.78, 5) is 0. The van der Waals surface area contributed by atoms with Crippen LogP contribution in [0.15, 0.2) is 24.3 Å². The van der Waals surface area contributed by atoms with Gasteiger partial charge in [0.1, 0.15) is 29.2 Å². The number of rotatable bonds is 4. The molecule has 1 aromatic heterocycles. The van der Waals surface area contributed by atoms with E-state index in [1.807, 2.05) is 0 Å². The van der Waals surface area contributed by atoms with Crippen molar-refractivity contribution in [2.24, 2.45) is 0 Å². The summed E-state index contributed by atoms with van der Waals surface area (Å²) < 4.78 is 40.4. The number of anilines is 1. The van der Waals surface area contributed by atoms with Crippen LogP contribution < -0.4 is 5.73 Å². The van der Waals surface area contributed by atoms with E-state index in [1.54, 1.807) is 12.1 Å². The molecule has 0 radical (unpaired) electrons. The number of nitrogens with two attached hydrogens (primary N) is 1. The van der Waals surface area contributed by atoms with Gasteiger partial charge >= 0.3 is 6.18 Å². The summed E-state index contributed by atoms with van der Waals surface area (Å²) >= 11 is 0. The Bertz CT molecular complexity index is 900. The first kappa shape index (κ1) is 18.0. The number of aromatic nitrogens is 2. The molecule has 128 valence electrons. The molecule has 1 aromatic carbocycles. The highest BCUT2D eigenvalue weighted by Crippen LogP contribution is 2.34. The van der Waals surface area contributed by atoms with Gasteiger partial charge in [-0.2, -0.15) is 28.8 Å². The van der Waals surface area contributed by atoms with Crippen molar-refractivity contribution in [1.29, 1.82) is 10.5 Å². The average Bonchev–Trinajstić information content (AvgIpc) is 2.88. The monoisotopic (exact) mass is 347 g/mol. The number of hydrogen-bond acceptors (Lipinski definition) is 5. The largest absolute Gasteiger partial charge is 0.416 e. The molecule has 0 fully saturated rings.